The van der Waals surface area contributed by atoms with Crippen LogP contribution in [0.2, 0.25) is 0 Å². The molecule has 0 atom stereocenters. The van der Waals surface area contributed by atoms with Crippen molar-refractivity contribution in [3.8, 4) is 0 Å². The first-order valence-corrected chi connectivity index (χ1v) is 8.83. The van der Waals surface area contributed by atoms with Gasteiger partial charge >= 0.3 is 11.9 Å². The molecule has 0 radical (unpaired) electrons. The second-order valence-electron chi connectivity index (χ2n) is 6.82. The van der Waals surface area contributed by atoms with E-state index < -0.39 is 17.4 Å². The molecule has 28 heavy (non-hydrogen) atoms. The number of amides is 1. The minimum Gasteiger partial charge on any atom is -0.334 e. The monoisotopic (exact) mass is 390 g/mol. The standard InChI is InChI=1S/C19H17F3N4O2/c20-19(21,22)14-6-4-13(5-7-14)11-25(15-8-9-15)17(27)12-26-18(28)24-10-2-1-3-16(24)23-26/h1-7,10,15H,8-9,11-12H2. The Morgan fingerprint density at radius 3 is 2.46 bits per heavy atom. The van der Waals surface area contributed by atoms with Gasteiger partial charge in [-0.2, -0.15) is 13.2 Å². The molecule has 0 unspecified atom stereocenters. The molecule has 1 aromatic carbocycles. The van der Waals surface area contributed by atoms with E-state index >= 15 is 0 Å². The van der Waals surface area contributed by atoms with Crippen LogP contribution >= 0.6 is 0 Å². The Kier molecular flexibility index (Phi) is 4.44. The zero-order chi connectivity index (χ0) is 19.9. The fourth-order valence-corrected chi connectivity index (χ4v) is 3.09. The molecule has 6 nitrogen and oxygen atoms in total. The van der Waals surface area contributed by atoms with Crippen LogP contribution in [0.3, 0.4) is 0 Å². The van der Waals surface area contributed by atoms with Crippen LogP contribution in [-0.4, -0.2) is 31.0 Å². The Hall–Kier alpha value is -3.10. The number of nitrogens with zero attached hydrogens (tertiary/aromatic N) is 4. The van der Waals surface area contributed by atoms with E-state index in [2.05, 4.69) is 5.10 Å². The molecule has 3 aromatic rings. The molecule has 146 valence electrons. The Morgan fingerprint density at radius 2 is 1.86 bits per heavy atom. The van der Waals surface area contributed by atoms with Crippen molar-refractivity contribution in [3.63, 3.8) is 0 Å². The number of carbonyl (C=O) groups is 1. The highest BCUT2D eigenvalue weighted by molar-refractivity contribution is 5.76. The van der Waals surface area contributed by atoms with Gasteiger partial charge in [-0.25, -0.2) is 9.48 Å². The van der Waals surface area contributed by atoms with Crippen LogP contribution in [0, 0.1) is 0 Å². The normalized spacial score (nSPS) is 14.4. The Bertz CT molecular complexity index is 1070. The molecule has 1 amide bonds. The first kappa shape index (κ1) is 18.3. The zero-order valence-corrected chi connectivity index (χ0v) is 14.8. The van der Waals surface area contributed by atoms with Crippen LogP contribution in [0.1, 0.15) is 24.0 Å². The van der Waals surface area contributed by atoms with Crippen molar-refractivity contribution in [1.29, 1.82) is 0 Å². The van der Waals surface area contributed by atoms with Gasteiger partial charge in [-0.1, -0.05) is 18.2 Å². The number of halogens is 3. The third kappa shape index (κ3) is 3.64. The first-order chi connectivity index (χ1) is 13.3. The van der Waals surface area contributed by atoms with E-state index in [-0.39, 0.29) is 25.0 Å². The third-order valence-corrected chi connectivity index (χ3v) is 4.72. The molecule has 0 saturated heterocycles. The predicted octanol–water partition coefficient (Wildman–Crippen LogP) is 2.71. The van der Waals surface area contributed by atoms with E-state index in [9.17, 15) is 22.8 Å². The summed E-state index contributed by atoms with van der Waals surface area (Å²) in [6.07, 6.45) is -1.14. The lowest BCUT2D eigenvalue weighted by Gasteiger charge is -2.22. The van der Waals surface area contributed by atoms with E-state index in [4.69, 9.17) is 0 Å². The minimum atomic E-state index is -4.39. The summed E-state index contributed by atoms with van der Waals surface area (Å²) >= 11 is 0. The summed E-state index contributed by atoms with van der Waals surface area (Å²) in [5, 5.41) is 4.15. The number of fused-ring (bicyclic) bond motifs is 1. The molecule has 1 aliphatic carbocycles. The van der Waals surface area contributed by atoms with E-state index in [0.717, 1.165) is 29.7 Å². The van der Waals surface area contributed by atoms with Gasteiger partial charge in [0.15, 0.2) is 5.65 Å². The number of hydrogen-bond acceptors (Lipinski definition) is 3. The maximum Gasteiger partial charge on any atom is 0.416 e. The highest BCUT2D eigenvalue weighted by atomic mass is 19.4. The average Bonchev–Trinajstić information content (AvgIpc) is 3.45. The second kappa shape index (κ2) is 6.81. The number of rotatable bonds is 5. The fraction of sp³-hybridized carbons (Fsp3) is 0.316. The summed E-state index contributed by atoms with van der Waals surface area (Å²) in [6.45, 7) is -0.0125. The number of pyridine rings is 1. The molecule has 0 N–H and O–H groups in total. The summed E-state index contributed by atoms with van der Waals surface area (Å²) in [4.78, 5) is 26.7. The van der Waals surface area contributed by atoms with E-state index in [1.165, 1.54) is 16.5 Å². The molecule has 1 fully saturated rings. The molecule has 1 saturated carbocycles. The summed E-state index contributed by atoms with van der Waals surface area (Å²) in [6, 6.07) is 9.93. The van der Waals surface area contributed by atoms with Gasteiger partial charge in [-0.15, -0.1) is 5.10 Å². The van der Waals surface area contributed by atoms with E-state index in [1.807, 2.05) is 0 Å². The topological polar surface area (TPSA) is 59.6 Å². The minimum absolute atomic E-state index is 0.0440. The molecule has 2 aromatic heterocycles. The van der Waals surface area contributed by atoms with Gasteiger partial charge in [-0.05, 0) is 42.7 Å². The van der Waals surface area contributed by atoms with Crippen LogP contribution in [0.15, 0.2) is 53.5 Å². The highest BCUT2D eigenvalue weighted by Crippen LogP contribution is 2.31. The van der Waals surface area contributed by atoms with Crippen molar-refractivity contribution < 1.29 is 18.0 Å². The first-order valence-electron chi connectivity index (χ1n) is 8.83. The van der Waals surface area contributed by atoms with E-state index in [0.29, 0.717) is 11.2 Å². The van der Waals surface area contributed by atoms with Crippen LogP contribution in [-0.2, 0) is 24.1 Å². The molecule has 9 heteroatoms. The summed E-state index contributed by atoms with van der Waals surface area (Å²) < 4.78 is 40.6. The van der Waals surface area contributed by atoms with Crippen molar-refractivity contribution >= 4 is 11.6 Å². The predicted molar refractivity (Wildman–Crippen MR) is 94.5 cm³/mol. The Labute approximate surface area is 157 Å². The number of carbonyl (C=O) groups excluding carboxylic acids is 1. The van der Waals surface area contributed by atoms with Crippen molar-refractivity contribution in [1.82, 2.24) is 19.1 Å². The van der Waals surface area contributed by atoms with Crippen LogP contribution < -0.4 is 5.69 Å². The smallest absolute Gasteiger partial charge is 0.334 e. The number of aromatic nitrogens is 3. The Morgan fingerprint density at radius 1 is 1.14 bits per heavy atom. The lowest BCUT2D eigenvalue weighted by Crippen LogP contribution is -2.37. The van der Waals surface area contributed by atoms with Gasteiger partial charge in [0, 0.05) is 18.8 Å². The van der Waals surface area contributed by atoms with Crippen LogP contribution in [0.4, 0.5) is 13.2 Å². The molecular weight excluding hydrogens is 373 g/mol. The SMILES string of the molecule is O=C(Cn1nc2ccccn2c1=O)N(Cc1ccc(C(F)(F)F)cc1)C1CC1. The molecular formula is C19H17F3N4O2. The van der Waals surface area contributed by atoms with Gasteiger partial charge in [-0.3, -0.25) is 9.20 Å². The lowest BCUT2D eigenvalue weighted by atomic mass is 10.1. The average molecular weight is 390 g/mol. The molecule has 0 spiro atoms. The number of alkyl halides is 3. The maximum atomic E-state index is 12.8. The fourth-order valence-electron chi connectivity index (χ4n) is 3.09. The van der Waals surface area contributed by atoms with Crippen molar-refractivity contribution in [3.05, 3.63) is 70.3 Å². The summed E-state index contributed by atoms with van der Waals surface area (Å²) in [5.41, 5.74) is -0.0809. The quantitative estimate of drug-likeness (QED) is 0.673. The van der Waals surface area contributed by atoms with Gasteiger partial charge in [0.1, 0.15) is 6.54 Å². The summed E-state index contributed by atoms with van der Waals surface area (Å²) in [5.74, 6) is -0.284. The van der Waals surface area contributed by atoms with Gasteiger partial charge < -0.3 is 4.90 Å². The molecule has 4 rings (SSSR count). The third-order valence-electron chi connectivity index (χ3n) is 4.72. The maximum absolute atomic E-state index is 12.8. The highest BCUT2D eigenvalue weighted by Gasteiger charge is 2.34. The molecule has 1 aliphatic rings. The van der Waals surface area contributed by atoms with Crippen LogP contribution in [0.25, 0.3) is 5.65 Å². The lowest BCUT2D eigenvalue weighted by molar-refractivity contribution is -0.137. The number of hydrogen-bond donors (Lipinski definition) is 0. The number of benzene rings is 1. The largest absolute Gasteiger partial charge is 0.416 e. The van der Waals surface area contributed by atoms with Crippen LogP contribution in [0.5, 0.6) is 0 Å². The van der Waals surface area contributed by atoms with Gasteiger partial charge in [0.2, 0.25) is 5.91 Å². The molecule has 0 bridgehead atoms. The van der Waals surface area contributed by atoms with Crippen molar-refractivity contribution in [2.24, 2.45) is 0 Å². The van der Waals surface area contributed by atoms with Crippen molar-refractivity contribution in [2.45, 2.75) is 38.1 Å². The summed E-state index contributed by atoms with van der Waals surface area (Å²) in [7, 11) is 0. The zero-order valence-electron chi connectivity index (χ0n) is 14.8. The van der Waals surface area contributed by atoms with Gasteiger partial charge in [0.05, 0.1) is 5.56 Å². The molecule has 0 aliphatic heterocycles. The Balaban J connectivity index is 1.52. The van der Waals surface area contributed by atoms with Gasteiger partial charge in [0.25, 0.3) is 0 Å². The van der Waals surface area contributed by atoms with E-state index in [1.54, 1.807) is 29.3 Å². The molecule has 2 heterocycles. The van der Waals surface area contributed by atoms with Crippen molar-refractivity contribution in [2.75, 3.05) is 0 Å². The second-order valence-corrected chi connectivity index (χ2v) is 6.82.